The summed E-state index contributed by atoms with van der Waals surface area (Å²) in [5.74, 6) is 3.98. The van der Waals surface area contributed by atoms with E-state index in [-0.39, 0.29) is 0 Å². The molecule has 4 aliphatic carbocycles. The smallest absolute Gasteiger partial charge is 0.00823 e. The summed E-state index contributed by atoms with van der Waals surface area (Å²) in [5.41, 5.74) is 3.19. The fraction of sp³-hybridized carbons (Fsp3) is 0.905. The molecule has 3 saturated carbocycles. The van der Waals surface area contributed by atoms with Gasteiger partial charge in [-0.2, -0.15) is 0 Å². The van der Waals surface area contributed by atoms with E-state index in [4.69, 9.17) is 0 Å². The number of hydrogen-bond donors (Lipinski definition) is 0. The first-order valence-corrected chi connectivity index (χ1v) is 9.80. The molecule has 0 heterocycles. The highest BCUT2D eigenvalue weighted by Gasteiger charge is 2.56. The zero-order valence-electron chi connectivity index (χ0n) is 14.5. The van der Waals surface area contributed by atoms with Crippen LogP contribution in [0.2, 0.25) is 0 Å². The summed E-state index contributed by atoms with van der Waals surface area (Å²) in [4.78, 5) is 0. The molecule has 6 unspecified atom stereocenters. The van der Waals surface area contributed by atoms with Crippen molar-refractivity contribution in [3.63, 3.8) is 0 Å². The van der Waals surface area contributed by atoms with Crippen molar-refractivity contribution in [2.45, 2.75) is 85.0 Å². The molecule has 0 amide bonds. The van der Waals surface area contributed by atoms with Crippen molar-refractivity contribution in [3.8, 4) is 0 Å². The minimum atomic E-state index is 0.577. The van der Waals surface area contributed by atoms with Gasteiger partial charge in [0, 0.05) is 0 Å². The quantitative estimate of drug-likeness (QED) is 0.492. The van der Waals surface area contributed by atoms with Crippen molar-refractivity contribution in [1.82, 2.24) is 0 Å². The maximum atomic E-state index is 2.71. The van der Waals surface area contributed by atoms with Crippen LogP contribution in [-0.2, 0) is 0 Å². The summed E-state index contributed by atoms with van der Waals surface area (Å²) in [5, 5.41) is 0. The lowest BCUT2D eigenvalue weighted by molar-refractivity contribution is -0.0557. The Hall–Kier alpha value is -0.260. The highest BCUT2D eigenvalue weighted by molar-refractivity contribution is 5.29. The van der Waals surface area contributed by atoms with Gasteiger partial charge in [-0.1, -0.05) is 51.7 Å². The van der Waals surface area contributed by atoms with Crippen LogP contribution in [0.1, 0.15) is 85.0 Å². The second-order valence-electron chi connectivity index (χ2n) is 9.20. The Morgan fingerprint density at radius 3 is 2.71 bits per heavy atom. The molecule has 0 bridgehead atoms. The van der Waals surface area contributed by atoms with E-state index in [0.717, 1.165) is 23.7 Å². The Bertz CT molecular complexity index is 447. The third-order valence-electron chi connectivity index (χ3n) is 8.66. The van der Waals surface area contributed by atoms with Crippen molar-refractivity contribution in [3.05, 3.63) is 11.6 Å². The second kappa shape index (κ2) is 4.87. The van der Waals surface area contributed by atoms with Crippen LogP contribution in [0.4, 0.5) is 0 Å². The first-order valence-electron chi connectivity index (χ1n) is 9.80. The largest absolute Gasteiger partial charge is 0.0842 e. The fourth-order valence-electron chi connectivity index (χ4n) is 7.33. The standard InChI is InChI=1S/C21H34/c1-4-15-9-11-18-17-10-8-16-7-5-6-13-20(16,2)19(17)12-14-21(15,18)3/h11,15-17,19H,4-10,12-14H2,1-3H3. The molecule has 0 aromatic rings. The van der Waals surface area contributed by atoms with Gasteiger partial charge in [-0.3, -0.25) is 0 Å². The molecule has 0 nitrogen and oxygen atoms in total. The summed E-state index contributed by atoms with van der Waals surface area (Å²) in [6.07, 6.45) is 17.6. The molecule has 0 N–H and O–H groups in total. The Kier molecular flexibility index (Phi) is 3.32. The number of fused-ring (bicyclic) bond motifs is 5. The monoisotopic (exact) mass is 286 g/mol. The molecule has 0 saturated heterocycles. The molecule has 6 atom stereocenters. The van der Waals surface area contributed by atoms with Crippen LogP contribution >= 0.6 is 0 Å². The van der Waals surface area contributed by atoms with Crippen LogP contribution in [0.3, 0.4) is 0 Å². The Labute approximate surface area is 131 Å². The minimum Gasteiger partial charge on any atom is -0.0842 e. The zero-order chi connectivity index (χ0) is 14.7. The van der Waals surface area contributed by atoms with E-state index in [1.807, 2.05) is 5.57 Å². The van der Waals surface area contributed by atoms with Gasteiger partial charge >= 0.3 is 0 Å². The second-order valence-corrected chi connectivity index (χ2v) is 9.20. The highest BCUT2D eigenvalue weighted by Crippen LogP contribution is 2.66. The molecule has 0 aliphatic heterocycles. The predicted molar refractivity (Wildman–Crippen MR) is 90.1 cm³/mol. The summed E-state index contributed by atoms with van der Waals surface area (Å²) in [6, 6.07) is 0. The van der Waals surface area contributed by atoms with Gasteiger partial charge < -0.3 is 0 Å². The average Bonchev–Trinajstić information content (AvgIpc) is 2.83. The van der Waals surface area contributed by atoms with Crippen molar-refractivity contribution in [1.29, 1.82) is 0 Å². The molecule has 4 aliphatic rings. The van der Waals surface area contributed by atoms with E-state index in [9.17, 15) is 0 Å². The first kappa shape index (κ1) is 14.3. The zero-order valence-corrected chi connectivity index (χ0v) is 14.5. The van der Waals surface area contributed by atoms with Crippen LogP contribution in [0.15, 0.2) is 11.6 Å². The molecular formula is C21H34. The molecule has 0 radical (unpaired) electrons. The predicted octanol–water partition coefficient (Wildman–Crippen LogP) is 6.37. The number of allylic oxidation sites excluding steroid dienone is 2. The molecule has 21 heavy (non-hydrogen) atoms. The van der Waals surface area contributed by atoms with Gasteiger partial charge in [0.25, 0.3) is 0 Å². The molecule has 0 heteroatoms. The summed E-state index contributed by atoms with van der Waals surface area (Å²) >= 11 is 0. The summed E-state index contributed by atoms with van der Waals surface area (Å²) < 4.78 is 0. The van der Waals surface area contributed by atoms with Crippen molar-refractivity contribution in [2.24, 2.45) is 34.5 Å². The van der Waals surface area contributed by atoms with Crippen LogP contribution in [0.25, 0.3) is 0 Å². The Balaban J connectivity index is 1.66. The topological polar surface area (TPSA) is 0 Å². The van der Waals surface area contributed by atoms with Crippen LogP contribution in [0.5, 0.6) is 0 Å². The van der Waals surface area contributed by atoms with Crippen LogP contribution in [-0.4, -0.2) is 0 Å². The van der Waals surface area contributed by atoms with Crippen LogP contribution in [0, 0.1) is 34.5 Å². The number of hydrogen-bond acceptors (Lipinski definition) is 0. The lowest BCUT2D eigenvalue weighted by Gasteiger charge is -2.59. The maximum absolute atomic E-state index is 2.71. The summed E-state index contributed by atoms with van der Waals surface area (Å²) in [6.45, 7) is 7.72. The molecule has 0 aromatic carbocycles. The van der Waals surface area contributed by atoms with Crippen molar-refractivity contribution >= 4 is 0 Å². The third kappa shape index (κ3) is 1.86. The van der Waals surface area contributed by atoms with E-state index in [2.05, 4.69) is 26.8 Å². The molecule has 3 fully saturated rings. The lowest BCUT2D eigenvalue weighted by atomic mass is 9.46. The maximum Gasteiger partial charge on any atom is -0.00823 e. The highest BCUT2D eigenvalue weighted by atomic mass is 14.6. The van der Waals surface area contributed by atoms with Gasteiger partial charge in [-0.15, -0.1) is 0 Å². The normalized spacial score (nSPS) is 52.6. The van der Waals surface area contributed by atoms with E-state index in [1.165, 1.54) is 64.2 Å². The van der Waals surface area contributed by atoms with E-state index in [1.54, 1.807) is 0 Å². The minimum absolute atomic E-state index is 0.577. The Morgan fingerprint density at radius 2 is 1.90 bits per heavy atom. The molecule has 0 aromatic heterocycles. The van der Waals surface area contributed by atoms with Gasteiger partial charge in [0.15, 0.2) is 0 Å². The van der Waals surface area contributed by atoms with E-state index >= 15 is 0 Å². The molecular weight excluding hydrogens is 252 g/mol. The molecule has 4 rings (SSSR count). The molecule has 0 spiro atoms. The Morgan fingerprint density at radius 1 is 1.05 bits per heavy atom. The van der Waals surface area contributed by atoms with Gasteiger partial charge in [0.05, 0.1) is 0 Å². The third-order valence-corrected chi connectivity index (χ3v) is 8.66. The van der Waals surface area contributed by atoms with Gasteiger partial charge in [0.2, 0.25) is 0 Å². The van der Waals surface area contributed by atoms with E-state index in [0.29, 0.717) is 10.8 Å². The average molecular weight is 287 g/mol. The summed E-state index contributed by atoms with van der Waals surface area (Å²) in [7, 11) is 0. The number of rotatable bonds is 1. The lowest BCUT2D eigenvalue weighted by Crippen LogP contribution is -2.50. The van der Waals surface area contributed by atoms with E-state index < -0.39 is 0 Å². The van der Waals surface area contributed by atoms with Crippen molar-refractivity contribution in [2.75, 3.05) is 0 Å². The van der Waals surface area contributed by atoms with Crippen molar-refractivity contribution < 1.29 is 0 Å². The van der Waals surface area contributed by atoms with Gasteiger partial charge in [0.1, 0.15) is 0 Å². The SMILES string of the molecule is CCC1CC=C2C3CCC4CCCCC4(C)C3CCC21C. The van der Waals surface area contributed by atoms with Gasteiger partial charge in [-0.25, -0.2) is 0 Å². The molecule has 118 valence electrons. The van der Waals surface area contributed by atoms with Gasteiger partial charge in [-0.05, 0) is 79.4 Å². The first-order chi connectivity index (χ1) is 10.1. The fourth-order valence-corrected chi connectivity index (χ4v) is 7.33. The van der Waals surface area contributed by atoms with Crippen LogP contribution < -0.4 is 0 Å².